The van der Waals surface area contributed by atoms with Crippen LogP contribution in [0.3, 0.4) is 0 Å². The first kappa shape index (κ1) is 14.8. The van der Waals surface area contributed by atoms with Crippen LogP contribution < -0.4 is 5.32 Å². The van der Waals surface area contributed by atoms with Crippen molar-refractivity contribution >= 4 is 12.0 Å². The maximum Gasteiger partial charge on any atom is 0.343 e. The molecule has 0 saturated heterocycles. The maximum atomic E-state index is 12.1. The lowest BCUT2D eigenvalue weighted by Crippen LogP contribution is -2.44. The molecule has 2 rings (SSSR count). The van der Waals surface area contributed by atoms with Crippen molar-refractivity contribution in [1.29, 1.82) is 0 Å². The Balaban J connectivity index is 2.11. The van der Waals surface area contributed by atoms with Gasteiger partial charge in [-0.2, -0.15) is 9.78 Å². The summed E-state index contributed by atoms with van der Waals surface area (Å²) >= 11 is 0. The van der Waals surface area contributed by atoms with E-state index in [0.717, 1.165) is 5.56 Å². The van der Waals surface area contributed by atoms with E-state index < -0.39 is 18.0 Å². The Labute approximate surface area is 122 Å². The van der Waals surface area contributed by atoms with Crippen molar-refractivity contribution < 1.29 is 14.7 Å². The summed E-state index contributed by atoms with van der Waals surface area (Å²) < 4.78 is 1.18. The Kier molecular flexibility index (Phi) is 4.37. The van der Waals surface area contributed by atoms with E-state index in [1.807, 2.05) is 30.3 Å². The summed E-state index contributed by atoms with van der Waals surface area (Å²) in [5.74, 6) is -1.08. The van der Waals surface area contributed by atoms with Gasteiger partial charge in [0.25, 0.3) is 0 Å². The Morgan fingerprint density at radius 3 is 2.48 bits per heavy atom. The number of carboxylic acids is 1. The third-order valence-corrected chi connectivity index (χ3v) is 3.08. The predicted octanol–water partition coefficient (Wildman–Crippen LogP) is 1.75. The Bertz CT molecular complexity index is 649. The lowest BCUT2D eigenvalue weighted by molar-refractivity contribution is -0.139. The van der Waals surface area contributed by atoms with Crippen LogP contribution in [-0.2, 0) is 11.2 Å². The third kappa shape index (κ3) is 3.68. The fraction of sp³-hybridized carbons (Fsp3) is 0.267. The van der Waals surface area contributed by atoms with Gasteiger partial charge in [0.15, 0.2) is 0 Å². The van der Waals surface area contributed by atoms with Crippen LogP contribution in [0.4, 0.5) is 4.79 Å². The minimum Gasteiger partial charge on any atom is -0.480 e. The molecule has 0 saturated carbocycles. The van der Waals surface area contributed by atoms with Gasteiger partial charge in [-0.3, -0.25) is 0 Å². The SMILES string of the molecule is Cc1cc(C)n(C(=O)NC(Cc2ccccc2)C(=O)O)n1. The van der Waals surface area contributed by atoms with Crippen molar-refractivity contribution in [1.82, 2.24) is 15.1 Å². The zero-order chi connectivity index (χ0) is 15.4. The van der Waals surface area contributed by atoms with Gasteiger partial charge < -0.3 is 10.4 Å². The van der Waals surface area contributed by atoms with Crippen LogP contribution in [-0.4, -0.2) is 32.9 Å². The molecule has 0 bridgehead atoms. The number of aryl methyl sites for hydroxylation is 2. The van der Waals surface area contributed by atoms with Gasteiger partial charge in [-0.1, -0.05) is 30.3 Å². The molecule has 1 amide bonds. The molecule has 1 aromatic heterocycles. The maximum absolute atomic E-state index is 12.1. The fourth-order valence-electron chi connectivity index (χ4n) is 2.09. The number of aliphatic carboxylic acids is 1. The van der Waals surface area contributed by atoms with E-state index in [0.29, 0.717) is 11.4 Å². The molecular formula is C15H17N3O3. The van der Waals surface area contributed by atoms with Gasteiger partial charge in [0.05, 0.1) is 5.69 Å². The molecular weight excluding hydrogens is 270 g/mol. The number of carbonyl (C=O) groups is 2. The summed E-state index contributed by atoms with van der Waals surface area (Å²) in [7, 11) is 0. The number of carbonyl (C=O) groups excluding carboxylic acids is 1. The first-order valence-corrected chi connectivity index (χ1v) is 6.58. The summed E-state index contributed by atoms with van der Waals surface area (Å²) in [5, 5.41) is 15.8. The van der Waals surface area contributed by atoms with Gasteiger partial charge in [0.1, 0.15) is 6.04 Å². The van der Waals surface area contributed by atoms with E-state index in [2.05, 4.69) is 10.4 Å². The summed E-state index contributed by atoms with van der Waals surface area (Å²) in [6, 6.07) is 9.39. The van der Waals surface area contributed by atoms with E-state index in [4.69, 9.17) is 0 Å². The van der Waals surface area contributed by atoms with Crippen LogP contribution >= 0.6 is 0 Å². The van der Waals surface area contributed by atoms with Gasteiger partial charge in [-0.05, 0) is 25.5 Å². The molecule has 2 N–H and O–H groups in total. The average Bonchev–Trinajstić information content (AvgIpc) is 2.78. The number of carboxylic acid groups (broad SMARTS) is 1. The summed E-state index contributed by atoms with van der Waals surface area (Å²) in [5.41, 5.74) is 2.21. The van der Waals surface area contributed by atoms with Crippen molar-refractivity contribution in [2.24, 2.45) is 0 Å². The number of hydrogen-bond acceptors (Lipinski definition) is 3. The monoisotopic (exact) mass is 287 g/mol. The number of hydrogen-bond donors (Lipinski definition) is 2. The molecule has 0 aliphatic rings. The minimum atomic E-state index is -1.08. The first-order valence-electron chi connectivity index (χ1n) is 6.58. The lowest BCUT2D eigenvalue weighted by atomic mass is 10.1. The molecule has 2 aromatic rings. The smallest absolute Gasteiger partial charge is 0.343 e. The number of amides is 1. The van der Waals surface area contributed by atoms with Crippen LogP contribution in [0.15, 0.2) is 36.4 Å². The van der Waals surface area contributed by atoms with Crippen molar-refractivity contribution in [3.8, 4) is 0 Å². The van der Waals surface area contributed by atoms with Crippen LogP contribution in [0.2, 0.25) is 0 Å². The molecule has 1 unspecified atom stereocenters. The highest BCUT2D eigenvalue weighted by molar-refractivity contribution is 5.84. The quantitative estimate of drug-likeness (QED) is 0.897. The lowest BCUT2D eigenvalue weighted by Gasteiger charge is -2.15. The number of nitrogens with zero attached hydrogens (tertiary/aromatic N) is 2. The molecule has 1 atom stereocenters. The van der Waals surface area contributed by atoms with E-state index in [9.17, 15) is 14.7 Å². The topological polar surface area (TPSA) is 84.2 Å². The summed E-state index contributed by atoms with van der Waals surface area (Å²) in [6.45, 7) is 3.52. The Hall–Kier alpha value is -2.63. The van der Waals surface area contributed by atoms with Gasteiger partial charge in [0, 0.05) is 12.1 Å². The molecule has 1 heterocycles. The Morgan fingerprint density at radius 1 is 1.29 bits per heavy atom. The van der Waals surface area contributed by atoms with E-state index in [1.165, 1.54) is 4.68 Å². The van der Waals surface area contributed by atoms with Crippen molar-refractivity contribution in [3.05, 3.63) is 53.3 Å². The second-order valence-electron chi connectivity index (χ2n) is 4.87. The molecule has 6 heteroatoms. The number of aromatic nitrogens is 2. The van der Waals surface area contributed by atoms with E-state index >= 15 is 0 Å². The van der Waals surface area contributed by atoms with Crippen LogP contribution in [0, 0.1) is 13.8 Å². The number of nitrogens with one attached hydrogen (secondary N) is 1. The molecule has 0 fully saturated rings. The van der Waals surface area contributed by atoms with E-state index in [-0.39, 0.29) is 6.42 Å². The molecule has 21 heavy (non-hydrogen) atoms. The minimum absolute atomic E-state index is 0.223. The van der Waals surface area contributed by atoms with Crippen LogP contribution in [0.1, 0.15) is 17.0 Å². The normalized spacial score (nSPS) is 11.9. The van der Waals surface area contributed by atoms with Crippen molar-refractivity contribution in [3.63, 3.8) is 0 Å². The molecule has 0 spiro atoms. The van der Waals surface area contributed by atoms with Gasteiger partial charge in [-0.25, -0.2) is 9.59 Å². The second-order valence-corrected chi connectivity index (χ2v) is 4.87. The van der Waals surface area contributed by atoms with Gasteiger partial charge in [-0.15, -0.1) is 0 Å². The van der Waals surface area contributed by atoms with Crippen LogP contribution in [0.5, 0.6) is 0 Å². The highest BCUT2D eigenvalue weighted by Gasteiger charge is 2.22. The highest BCUT2D eigenvalue weighted by Crippen LogP contribution is 2.05. The third-order valence-electron chi connectivity index (χ3n) is 3.08. The standard InChI is InChI=1S/C15H17N3O3/c1-10-8-11(2)18(17-10)15(21)16-13(14(19)20)9-12-6-4-3-5-7-12/h3-8,13H,9H2,1-2H3,(H,16,21)(H,19,20). The molecule has 0 aliphatic carbocycles. The largest absolute Gasteiger partial charge is 0.480 e. The average molecular weight is 287 g/mol. The second kappa shape index (κ2) is 6.21. The first-order chi connectivity index (χ1) is 9.97. The fourth-order valence-corrected chi connectivity index (χ4v) is 2.09. The van der Waals surface area contributed by atoms with Gasteiger partial charge in [0.2, 0.25) is 0 Å². The molecule has 0 radical (unpaired) electrons. The van der Waals surface area contributed by atoms with Crippen molar-refractivity contribution in [2.45, 2.75) is 26.3 Å². The molecule has 110 valence electrons. The molecule has 6 nitrogen and oxygen atoms in total. The van der Waals surface area contributed by atoms with Crippen molar-refractivity contribution in [2.75, 3.05) is 0 Å². The number of benzene rings is 1. The van der Waals surface area contributed by atoms with Gasteiger partial charge >= 0.3 is 12.0 Å². The summed E-state index contributed by atoms with van der Waals surface area (Å²) in [4.78, 5) is 23.4. The zero-order valence-electron chi connectivity index (χ0n) is 11.9. The highest BCUT2D eigenvalue weighted by atomic mass is 16.4. The number of rotatable bonds is 4. The molecule has 1 aromatic carbocycles. The Morgan fingerprint density at radius 2 is 1.95 bits per heavy atom. The molecule has 0 aliphatic heterocycles. The van der Waals surface area contributed by atoms with E-state index in [1.54, 1.807) is 19.9 Å². The van der Waals surface area contributed by atoms with Crippen LogP contribution in [0.25, 0.3) is 0 Å². The zero-order valence-corrected chi connectivity index (χ0v) is 11.9. The predicted molar refractivity (Wildman–Crippen MR) is 77.2 cm³/mol. The summed E-state index contributed by atoms with van der Waals surface area (Å²) in [6.07, 6.45) is 0.223.